The number of ether oxygens (including phenoxy) is 2. The van der Waals surface area contributed by atoms with Gasteiger partial charge in [-0.3, -0.25) is 18.6 Å². The zero-order valence-electron chi connectivity index (χ0n) is 49.8. The lowest BCUT2D eigenvalue weighted by Gasteiger charge is -2.19. The van der Waals surface area contributed by atoms with Gasteiger partial charge in [0.15, 0.2) is 6.10 Å². The van der Waals surface area contributed by atoms with Crippen LogP contribution in [0.4, 0.5) is 0 Å². The molecule has 0 aliphatic rings. The average Bonchev–Trinajstić information content (AvgIpc) is 3.40. The van der Waals surface area contributed by atoms with Crippen molar-refractivity contribution in [2.75, 3.05) is 26.4 Å². The van der Waals surface area contributed by atoms with Crippen molar-refractivity contribution in [3.05, 3.63) is 24.3 Å². The maximum absolute atomic E-state index is 12.7. The van der Waals surface area contributed by atoms with E-state index in [1.165, 1.54) is 263 Å². The second-order valence-electron chi connectivity index (χ2n) is 22.3. The minimum absolute atomic E-state index is 0.0550. The number of phosphoric acid groups is 1. The molecule has 0 saturated carbocycles. The maximum atomic E-state index is 12.7. The summed E-state index contributed by atoms with van der Waals surface area (Å²) in [6, 6.07) is 0. The molecule has 0 fully saturated rings. The predicted octanol–water partition coefficient (Wildman–Crippen LogP) is 21.0. The Labute approximate surface area is 465 Å². The van der Waals surface area contributed by atoms with E-state index in [0.717, 1.165) is 51.4 Å². The summed E-state index contributed by atoms with van der Waals surface area (Å²) >= 11 is 0. The third-order valence-corrected chi connectivity index (χ3v) is 15.8. The summed E-state index contributed by atoms with van der Waals surface area (Å²) in [5.41, 5.74) is 5.38. The summed E-state index contributed by atoms with van der Waals surface area (Å²) < 4.78 is 33.0. The maximum Gasteiger partial charge on any atom is 0.472 e. The van der Waals surface area contributed by atoms with Crippen molar-refractivity contribution in [3.63, 3.8) is 0 Å². The van der Waals surface area contributed by atoms with Crippen molar-refractivity contribution in [2.24, 2.45) is 5.73 Å². The zero-order chi connectivity index (χ0) is 54.5. The standard InChI is InChI=1S/C65H126NO8P/c1-3-5-7-9-11-13-15-17-19-20-21-22-23-24-25-26-27-28-29-30-31-32-33-34-35-36-37-38-39-40-41-42-44-46-48-50-52-54-56-58-65(68)74-63(62-73-75(69,70)72-60-59-66)61-71-64(67)57-55-53-51-49-47-45-43-18-16-14-12-10-8-6-4-2/h18,20-21,43,63H,3-17,19,22-42,44-62,66H2,1-2H3,(H,69,70)/b21-20-,43-18-. The molecule has 3 N–H and O–H groups in total. The van der Waals surface area contributed by atoms with Gasteiger partial charge in [-0.2, -0.15) is 0 Å². The quantitative estimate of drug-likeness (QED) is 0.0264. The highest BCUT2D eigenvalue weighted by molar-refractivity contribution is 7.47. The van der Waals surface area contributed by atoms with E-state index < -0.39 is 26.5 Å². The minimum atomic E-state index is -4.38. The first kappa shape index (κ1) is 73.5. The van der Waals surface area contributed by atoms with Crippen molar-refractivity contribution in [1.29, 1.82) is 0 Å². The molecule has 444 valence electrons. The molecule has 10 heteroatoms. The lowest BCUT2D eigenvalue weighted by molar-refractivity contribution is -0.161. The highest BCUT2D eigenvalue weighted by atomic mass is 31.2. The number of esters is 2. The number of carbonyl (C=O) groups excluding carboxylic acids is 2. The lowest BCUT2D eigenvalue weighted by atomic mass is 10.0. The van der Waals surface area contributed by atoms with Crippen LogP contribution >= 0.6 is 7.82 Å². The van der Waals surface area contributed by atoms with E-state index in [1.807, 2.05) is 0 Å². The van der Waals surface area contributed by atoms with Crippen molar-refractivity contribution in [1.82, 2.24) is 0 Å². The number of hydrogen-bond donors (Lipinski definition) is 2. The van der Waals surface area contributed by atoms with Crippen LogP contribution < -0.4 is 5.73 Å². The van der Waals surface area contributed by atoms with E-state index in [2.05, 4.69) is 38.2 Å². The first-order chi connectivity index (χ1) is 36.8. The van der Waals surface area contributed by atoms with Crippen LogP contribution in [0.15, 0.2) is 24.3 Å². The third kappa shape index (κ3) is 61.6. The van der Waals surface area contributed by atoms with Gasteiger partial charge in [0, 0.05) is 19.4 Å². The summed E-state index contributed by atoms with van der Waals surface area (Å²) in [4.78, 5) is 35.2. The first-order valence-corrected chi connectivity index (χ1v) is 34.3. The number of allylic oxidation sites excluding steroid dienone is 4. The number of phosphoric ester groups is 1. The number of hydrogen-bond acceptors (Lipinski definition) is 8. The molecule has 0 amide bonds. The molecule has 75 heavy (non-hydrogen) atoms. The van der Waals surface area contributed by atoms with Crippen LogP contribution in [0.3, 0.4) is 0 Å². The van der Waals surface area contributed by atoms with E-state index in [1.54, 1.807) is 0 Å². The monoisotopic (exact) mass is 1080 g/mol. The van der Waals surface area contributed by atoms with E-state index in [9.17, 15) is 19.0 Å². The van der Waals surface area contributed by atoms with E-state index >= 15 is 0 Å². The van der Waals surface area contributed by atoms with Crippen LogP contribution in [0.2, 0.25) is 0 Å². The van der Waals surface area contributed by atoms with Crippen LogP contribution in [-0.2, 0) is 32.7 Å². The molecule has 0 spiro atoms. The fourth-order valence-corrected chi connectivity index (χ4v) is 10.7. The molecular formula is C65H126NO8P. The molecule has 2 atom stereocenters. The summed E-state index contributed by atoms with van der Waals surface area (Å²) in [5.74, 6) is -0.820. The van der Waals surface area contributed by atoms with Gasteiger partial charge >= 0.3 is 19.8 Å². The van der Waals surface area contributed by atoms with Gasteiger partial charge in [-0.1, -0.05) is 295 Å². The Morgan fingerprint density at radius 1 is 0.387 bits per heavy atom. The Hall–Kier alpha value is -1.51. The normalized spacial score (nSPS) is 13.1. The van der Waals surface area contributed by atoms with Crippen molar-refractivity contribution < 1.29 is 37.6 Å². The van der Waals surface area contributed by atoms with Gasteiger partial charge in [0.2, 0.25) is 0 Å². The lowest BCUT2D eigenvalue weighted by Crippen LogP contribution is -2.29. The fraction of sp³-hybridized carbons (Fsp3) is 0.908. The molecule has 0 radical (unpaired) electrons. The van der Waals surface area contributed by atoms with Crippen LogP contribution in [0.25, 0.3) is 0 Å². The number of nitrogens with two attached hydrogens (primary N) is 1. The van der Waals surface area contributed by atoms with Crippen molar-refractivity contribution in [2.45, 2.75) is 354 Å². The predicted molar refractivity (Wildman–Crippen MR) is 321 cm³/mol. The second kappa shape index (κ2) is 61.7. The molecule has 0 heterocycles. The Morgan fingerprint density at radius 3 is 0.947 bits per heavy atom. The molecule has 0 bridgehead atoms. The van der Waals surface area contributed by atoms with E-state index in [4.69, 9.17) is 24.3 Å². The SMILES string of the molecule is CCCCCCCC/C=C\CCCCCCCC(=O)OCC(COP(=O)(O)OCCN)OC(=O)CCCCCCCCCCCCCCCCCCCCCCCCCCCCC/C=C\CCCCCCCCCC. The molecular weight excluding hydrogens is 954 g/mol. The highest BCUT2D eigenvalue weighted by Gasteiger charge is 2.26. The Balaban J connectivity index is 3.73. The summed E-state index contributed by atoms with van der Waals surface area (Å²) in [6.07, 6.45) is 74.3. The van der Waals surface area contributed by atoms with Gasteiger partial charge in [-0.15, -0.1) is 0 Å². The smallest absolute Gasteiger partial charge is 0.462 e. The molecule has 2 unspecified atom stereocenters. The van der Waals surface area contributed by atoms with Gasteiger partial charge in [0.05, 0.1) is 13.2 Å². The van der Waals surface area contributed by atoms with Crippen molar-refractivity contribution >= 4 is 19.8 Å². The average molecular weight is 1080 g/mol. The number of unbranched alkanes of at least 4 members (excludes halogenated alkanes) is 46. The zero-order valence-corrected chi connectivity index (χ0v) is 50.7. The summed E-state index contributed by atoms with van der Waals surface area (Å²) in [7, 11) is -4.38. The summed E-state index contributed by atoms with van der Waals surface area (Å²) in [5, 5.41) is 0. The molecule has 0 aromatic carbocycles. The van der Waals surface area contributed by atoms with E-state index in [-0.39, 0.29) is 38.6 Å². The second-order valence-corrected chi connectivity index (χ2v) is 23.8. The number of rotatable bonds is 63. The molecule has 0 saturated heterocycles. The van der Waals surface area contributed by atoms with Gasteiger partial charge < -0.3 is 20.1 Å². The molecule has 0 aliphatic heterocycles. The molecule has 0 aromatic heterocycles. The Morgan fingerprint density at radius 2 is 0.653 bits per heavy atom. The van der Waals surface area contributed by atoms with E-state index in [0.29, 0.717) is 6.42 Å². The highest BCUT2D eigenvalue weighted by Crippen LogP contribution is 2.43. The molecule has 0 aromatic rings. The number of carbonyl (C=O) groups is 2. The first-order valence-electron chi connectivity index (χ1n) is 32.8. The molecule has 0 aliphatic carbocycles. The van der Waals surface area contributed by atoms with Crippen LogP contribution in [-0.4, -0.2) is 49.3 Å². The van der Waals surface area contributed by atoms with Gasteiger partial charge in [-0.25, -0.2) is 4.57 Å². The van der Waals surface area contributed by atoms with Gasteiger partial charge in [0.25, 0.3) is 0 Å². The molecule has 9 nitrogen and oxygen atoms in total. The van der Waals surface area contributed by atoms with Crippen molar-refractivity contribution in [3.8, 4) is 0 Å². The Bertz CT molecular complexity index is 1280. The summed E-state index contributed by atoms with van der Waals surface area (Å²) in [6.45, 7) is 3.78. The third-order valence-electron chi connectivity index (χ3n) is 14.8. The Kier molecular flexibility index (Phi) is 60.5. The van der Waals surface area contributed by atoms with Gasteiger partial charge in [-0.05, 0) is 64.2 Å². The topological polar surface area (TPSA) is 134 Å². The largest absolute Gasteiger partial charge is 0.472 e. The van der Waals surface area contributed by atoms with Gasteiger partial charge in [0.1, 0.15) is 6.61 Å². The van der Waals surface area contributed by atoms with Crippen LogP contribution in [0, 0.1) is 0 Å². The fourth-order valence-electron chi connectivity index (χ4n) is 9.92. The minimum Gasteiger partial charge on any atom is -0.462 e. The van der Waals surface area contributed by atoms with Crippen LogP contribution in [0.5, 0.6) is 0 Å². The molecule has 0 rings (SSSR count). The van der Waals surface area contributed by atoms with Crippen LogP contribution in [0.1, 0.15) is 348 Å².